The number of hydrogen-bond donors (Lipinski definition) is 1. The van der Waals surface area contributed by atoms with Gasteiger partial charge in [0.1, 0.15) is 0 Å². The molecule has 0 spiro atoms. The van der Waals surface area contributed by atoms with Gasteiger partial charge in [0.25, 0.3) is 0 Å². The summed E-state index contributed by atoms with van der Waals surface area (Å²) in [5.74, 6) is 0.260. The third-order valence-corrected chi connectivity index (χ3v) is 7.50. The molecule has 1 aliphatic rings. The predicted octanol–water partition coefficient (Wildman–Crippen LogP) is 9.08. The van der Waals surface area contributed by atoms with Gasteiger partial charge in [-0.1, -0.05) is 52.8 Å². The van der Waals surface area contributed by atoms with Crippen LogP contribution in [0.2, 0.25) is 0 Å². The first-order valence-corrected chi connectivity index (χ1v) is 13.5. The Balaban J connectivity index is 1.96. The number of ether oxygens (including phenoxy) is 1. The maximum Gasteiger partial charge on any atom is 0.416 e. The lowest BCUT2D eigenvalue weighted by Gasteiger charge is -2.37. The van der Waals surface area contributed by atoms with Crippen molar-refractivity contribution >= 4 is 11.7 Å². The Morgan fingerprint density at radius 1 is 0.973 bits per heavy atom. The molecule has 2 aromatic carbocycles. The monoisotopic (exact) mass is 517 g/mol. The maximum absolute atomic E-state index is 13.1. The number of halogens is 3. The molecule has 0 heterocycles. The molecule has 0 radical (unpaired) electrons. The number of hydrogen-bond acceptors (Lipinski definition) is 3. The van der Waals surface area contributed by atoms with Crippen LogP contribution >= 0.6 is 0 Å². The quantitative estimate of drug-likeness (QED) is 0.355. The van der Waals surface area contributed by atoms with Crippen LogP contribution in [0.3, 0.4) is 0 Å². The smallest absolute Gasteiger partial charge is 0.416 e. The van der Waals surface area contributed by atoms with E-state index in [4.69, 9.17) is 4.74 Å². The standard InChI is InChI=1S/C31H42F3NO2/c1-7-37-29(36)28(16-20(2)3)23-17-22(21-8-10-25(11-9-21)31(32,33)34)18-27(19-23)35-26-14-12-24(13-15-26)30(4,5)6/h8-11,17-20,24,26,28,35H,7,12-16H2,1-6H3. The Morgan fingerprint density at radius 2 is 1.59 bits per heavy atom. The van der Waals surface area contributed by atoms with Gasteiger partial charge in [0.05, 0.1) is 18.1 Å². The van der Waals surface area contributed by atoms with Gasteiger partial charge in [-0.3, -0.25) is 4.79 Å². The summed E-state index contributed by atoms with van der Waals surface area (Å²) in [7, 11) is 0. The van der Waals surface area contributed by atoms with Gasteiger partial charge in [0.2, 0.25) is 0 Å². The van der Waals surface area contributed by atoms with Crippen molar-refractivity contribution in [1.82, 2.24) is 0 Å². The highest BCUT2D eigenvalue weighted by molar-refractivity contribution is 5.80. The van der Waals surface area contributed by atoms with E-state index in [-0.39, 0.29) is 11.9 Å². The summed E-state index contributed by atoms with van der Waals surface area (Å²) in [6, 6.07) is 11.5. The molecule has 2 aromatic rings. The largest absolute Gasteiger partial charge is 0.466 e. The molecule has 1 unspecified atom stereocenters. The Kier molecular flexibility index (Phi) is 9.36. The minimum Gasteiger partial charge on any atom is -0.466 e. The van der Waals surface area contributed by atoms with Crippen LogP contribution in [-0.4, -0.2) is 18.6 Å². The average molecular weight is 518 g/mol. The Bertz CT molecular complexity index is 1030. The van der Waals surface area contributed by atoms with E-state index in [0.29, 0.717) is 36.0 Å². The average Bonchev–Trinajstić information content (AvgIpc) is 2.81. The van der Waals surface area contributed by atoms with Gasteiger partial charge in [-0.25, -0.2) is 0 Å². The van der Waals surface area contributed by atoms with Gasteiger partial charge in [0, 0.05) is 11.7 Å². The lowest BCUT2D eigenvalue weighted by molar-refractivity contribution is -0.145. The first-order valence-electron chi connectivity index (χ1n) is 13.5. The topological polar surface area (TPSA) is 38.3 Å². The van der Waals surface area contributed by atoms with Gasteiger partial charge < -0.3 is 10.1 Å². The third-order valence-electron chi connectivity index (χ3n) is 7.50. The zero-order valence-electron chi connectivity index (χ0n) is 23.0. The highest BCUT2D eigenvalue weighted by Crippen LogP contribution is 2.39. The maximum atomic E-state index is 13.1. The van der Waals surface area contributed by atoms with Crippen LogP contribution in [0.4, 0.5) is 18.9 Å². The van der Waals surface area contributed by atoms with Gasteiger partial charge >= 0.3 is 12.1 Å². The Morgan fingerprint density at radius 3 is 2.11 bits per heavy atom. The SMILES string of the molecule is CCOC(=O)C(CC(C)C)c1cc(NC2CCC(C(C)(C)C)CC2)cc(-c2ccc(C(F)(F)F)cc2)c1. The fraction of sp³-hybridized carbons (Fsp3) is 0.581. The number of anilines is 1. The Hall–Kier alpha value is -2.50. The number of carbonyl (C=O) groups is 1. The molecule has 0 bridgehead atoms. The van der Waals surface area contributed by atoms with E-state index in [1.165, 1.54) is 12.1 Å². The van der Waals surface area contributed by atoms with E-state index < -0.39 is 17.7 Å². The second kappa shape index (κ2) is 11.9. The second-order valence-corrected chi connectivity index (χ2v) is 11.9. The molecule has 204 valence electrons. The summed E-state index contributed by atoms with van der Waals surface area (Å²) in [6.07, 6.45) is 0.692. The van der Waals surface area contributed by atoms with E-state index in [2.05, 4.69) is 39.9 Å². The minimum atomic E-state index is -4.38. The summed E-state index contributed by atoms with van der Waals surface area (Å²) in [5, 5.41) is 3.69. The van der Waals surface area contributed by atoms with E-state index in [1.807, 2.05) is 18.2 Å². The van der Waals surface area contributed by atoms with Gasteiger partial charge in [-0.2, -0.15) is 13.2 Å². The van der Waals surface area contributed by atoms with E-state index >= 15 is 0 Å². The summed E-state index contributed by atoms with van der Waals surface area (Å²) < 4.78 is 44.8. The molecule has 0 aliphatic heterocycles. The molecule has 1 atom stereocenters. The third kappa shape index (κ3) is 7.99. The van der Waals surface area contributed by atoms with Crippen molar-refractivity contribution in [1.29, 1.82) is 0 Å². The van der Waals surface area contributed by atoms with Crippen molar-refractivity contribution in [3.05, 3.63) is 53.6 Å². The highest BCUT2D eigenvalue weighted by atomic mass is 19.4. The second-order valence-electron chi connectivity index (χ2n) is 11.9. The molecule has 3 rings (SSSR count). The lowest BCUT2D eigenvalue weighted by atomic mass is 9.71. The molecule has 0 amide bonds. The van der Waals surface area contributed by atoms with Crippen molar-refractivity contribution in [3.8, 4) is 11.1 Å². The summed E-state index contributed by atoms with van der Waals surface area (Å²) >= 11 is 0. The van der Waals surface area contributed by atoms with Crippen LogP contribution in [0.1, 0.15) is 90.7 Å². The minimum absolute atomic E-state index is 0.266. The molecule has 1 N–H and O–H groups in total. The van der Waals surface area contributed by atoms with E-state index in [1.54, 1.807) is 6.92 Å². The van der Waals surface area contributed by atoms with Gasteiger partial charge in [-0.15, -0.1) is 0 Å². The van der Waals surface area contributed by atoms with Crippen LogP contribution in [-0.2, 0) is 15.7 Å². The van der Waals surface area contributed by atoms with Crippen molar-refractivity contribution in [2.75, 3.05) is 11.9 Å². The molecular formula is C31H42F3NO2. The molecule has 0 saturated heterocycles. The number of nitrogens with one attached hydrogen (secondary N) is 1. The molecule has 1 fully saturated rings. The fourth-order valence-corrected chi connectivity index (χ4v) is 5.38. The first-order chi connectivity index (χ1) is 17.3. The summed E-state index contributed by atoms with van der Waals surface area (Å²) in [4.78, 5) is 12.9. The number of rotatable bonds is 8. The molecule has 3 nitrogen and oxygen atoms in total. The molecule has 37 heavy (non-hydrogen) atoms. The number of benzene rings is 2. The number of alkyl halides is 3. The lowest BCUT2D eigenvalue weighted by Crippen LogP contribution is -2.31. The zero-order valence-corrected chi connectivity index (χ0v) is 23.0. The fourth-order valence-electron chi connectivity index (χ4n) is 5.38. The van der Waals surface area contributed by atoms with E-state index in [0.717, 1.165) is 54.6 Å². The molecule has 0 aromatic heterocycles. The van der Waals surface area contributed by atoms with Crippen LogP contribution in [0, 0.1) is 17.3 Å². The van der Waals surface area contributed by atoms with Gasteiger partial charge in [-0.05, 0) is 97.2 Å². The van der Waals surface area contributed by atoms with Crippen LogP contribution in [0.5, 0.6) is 0 Å². The molecule has 1 saturated carbocycles. The predicted molar refractivity (Wildman–Crippen MR) is 145 cm³/mol. The van der Waals surface area contributed by atoms with Crippen LogP contribution in [0.15, 0.2) is 42.5 Å². The normalized spacial score (nSPS) is 19.5. The highest BCUT2D eigenvalue weighted by Gasteiger charge is 2.31. The molecule has 6 heteroatoms. The zero-order chi connectivity index (χ0) is 27.4. The number of esters is 1. The first kappa shape index (κ1) is 29.1. The summed E-state index contributed by atoms with van der Waals surface area (Å²) in [6.45, 7) is 13.1. The van der Waals surface area contributed by atoms with Crippen molar-refractivity contribution in [3.63, 3.8) is 0 Å². The van der Waals surface area contributed by atoms with Gasteiger partial charge in [0.15, 0.2) is 0 Å². The van der Waals surface area contributed by atoms with E-state index in [9.17, 15) is 18.0 Å². The van der Waals surface area contributed by atoms with Crippen molar-refractivity contribution in [2.24, 2.45) is 17.3 Å². The number of carbonyl (C=O) groups excluding carboxylic acids is 1. The molecule has 1 aliphatic carbocycles. The molecular weight excluding hydrogens is 475 g/mol. The van der Waals surface area contributed by atoms with Crippen molar-refractivity contribution < 1.29 is 22.7 Å². The van der Waals surface area contributed by atoms with Crippen LogP contribution in [0.25, 0.3) is 11.1 Å². The van der Waals surface area contributed by atoms with Crippen LogP contribution < -0.4 is 5.32 Å². The summed E-state index contributed by atoms with van der Waals surface area (Å²) in [5.41, 5.74) is 2.81. The Labute approximate surface area is 220 Å². The van der Waals surface area contributed by atoms with Crippen molar-refractivity contribution in [2.45, 2.75) is 91.8 Å².